The molecule has 1 spiro atoms. The summed E-state index contributed by atoms with van der Waals surface area (Å²) >= 11 is 1.55. The molecule has 0 aliphatic carbocycles. The van der Waals surface area contributed by atoms with Gasteiger partial charge in [0.15, 0.2) is 6.61 Å². The molecule has 2 aliphatic rings. The summed E-state index contributed by atoms with van der Waals surface area (Å²) in [6, 6.07) is 16.5. The largest absolute Gasteiger partial charge is 0.483 e. The summed E-state index contributed by atoms with van der Waals surface area (Å²) in [5.74, 6) is -0.552. The second kappa shape index (κ2) is 10.1. The number of hydrogen-bond acceptors (Lipinski definition) is 7. The molecule has 1 unspecified atom stereocenters. The lowest BCUT2D eigenvalue weighted by atomic mass is 9.70. The van der Waals surface area contributed by atoms with Crippen LogP contribution in [-0.2, 0) is 21.6 Å². The average Bonchev–Trinajstić information content (AvgIpc) is 3.43. The third kappa shape index (κ3) is 4.49. The van der Waals surface area contributed by atoms with Crippen LogP contribution in [0.25, 0.3) is 0 Å². The molecule has 0 bridgehead atoms. The molecule has 2 aliphatic heterocycles. The number of aromatic nitrogens is 1. The molecule has 1 atom stereocenters. The molecule has 2 N–H and O–H groups in total. The van der Waals surface area contributed by atoms with Crippen LogP contribution in [0, 0.1) is 6.92 Å². The Kier molecular flexibility index (Phi) is 6.83. The molecule has 2 saturated heterocycles. The number of piperidine rings is 1. The lowest BCUT2D eigenvalue weighted by Gasteiger charge is -2.48. The first-order valence-electron chi connectivity index (χ1n) is 12.5. The van der Waals surface area contributed by atoms with E-state index in [0.29, 0.717) is 32.5 Å². The van der Waals surface area contributed by atoms with Crippen molar-refractivity contribution in [2.75, 3.05) is 19.7 Å². The van der Waals surface area contributed by atoms with Gasteiger partial charge in [0.25, 0.3) is 11.8 Å². The highest BCUT2D eigenvalue weighted by Crippen LogP contribution is 2.52. The molecule has 10 heteroatoms. The third-order valence-electron chi connectivity index (χ3n) is 7.68. The van der Waals surface area contributed by atoms with Crippen molar-refractivity contribution in [3.05, 3.63) is 81.8 Å². The summed E-state index contributed by atoms with van der Waals surface area (Å²) < 4.78 is 11.8. The van der Waals surface area contributed by atoms with Crippen LogP contribution in [0.4, 0.5) is 4.79 Å². The Morgan fingerprint density at radius 3 is 2.45 bits per heavy atom. The number of ether oxygens (including phenoxy) is 2. The Labute approximate surface area is 225 Å². The van der Waals surface area contributed by atoms with E-state index in [9.17, 15) is 14.4 Å². The zero-order chi connectivity index (χ0) is 26.9. The number of nitrogens with zero attached hydrogens (tertiary/aromatic N) is 3. The first kappa shape index (κ1) is 25.7. The van der Waals surface area contributed by atoms with Gasteiger partial charge in [-0.3, -0.25) is 14.5 Å². The zero-order valence-corrected chi connectivity index (χ0v) is 22.2. The maximum Gasteiger partial charge on any atom is 0.411 e. The second-order valence-corrected chi connectivity index (χ2v) is 10.8. The van der Waals surface area contributed by atoms with Crippen molar-refractivity contribution in [2.45, 2.75) is 44.4 Å². The number of para-hydroxylation sites is 1. The SMILES string of the molecule is Cc1nc(CN2C(=O)OC3(CCN(C(=O)COc4ccccc4C(N)=O)CC3)C2(C)c2ccccc2)cs1. The second-order valence-electron chi connectivity index (χ2n) is 9.77. The minimum atomic E-state index is -0.813. The molecule has 2 fully saturated rings. The molecule has 1 aromatic heterocycles. The Hall–Kier alpha value is -3.92. The van der Waals surface area contributed by atoms with Crippen LogP contribution < -0.4 is 10.5 Å². The number of rotatable bonds is 7. The van der Waals surface area contributed by atoms with Crippen molar-refractivity contribution >= 4 is 29.2 Å². The van der Waals surface area contributed by atoms with Crippen molar-refractivity contribution in [1.29, 1.82) is 0 Å². The number of amides is 3. The van der Waals surface area contributed by atoms with Crippen LogP contribution in [0.3, 0.4) is 0 Å². The van der Waals surface area contributed by atoms with Gasteiger partial charge in [-0.25, -0.2) is 9.78 Å². The Balaban J connectivity index is 1.34. The van der Waals surface area contributed by atoms with Gasteiger partial charge in [0.05, 0.1) is 22.8 Å². The molecule has 3 aromatic rings. The van der Waals surface area contributed by atoms with E-state index in [1.807, 2.05) is 49.6 Å². The minimum absolute atomic E-state index is 0.209. The first-order valence-corrected chi connectivity index (χ1v) is 13.4. The molecule has 38 heavy (non-hydrogen) atoms. The van der Waals surface area contributed by atoms with Gasteiger partial charge in [-0.1, -0.05) is 42.5 Å². The summed E-state index contributed by atoms with van der Waals surface area (Å²) in [4.78, 5) is 46.1. The summed E-state index contributed by atoms with van der Waals surface area (Å²) in [5.41, 5.74) is 5.87. The summed E-state index contributed by atoms with van der Waals surface area (Å²) in [7, 11) is 0. The molecular weight excluding hydrogens is 504 g/mol. The molecular formula is C28H30N4O5S. The Morgan fingerprint density at radius 2 is 1.79 bits per heavy atom. The van der Waals surface area contributed by atoms with Gasteiger partial charge in [-0.15, -0.1) is 11.3 Å². The van der Waals surface area contributed by atoms with E-state index < -0.39 is 17.0 Å². The molecule has 3 heterocycles. The molecule has 5 rings (SSSR count). The summed E-state index contributed by atoms with van der Waals surface area (Å²) in [5, 5.41) is 2.91. The van der Waals surface area contributed by atoms with Crippen molar-refractivity contribution in [2.24, 2.45) is 5.73 Å². The van der Waals surface area contributed by atoms with Crippen LogP contribution in [0.15, 0.2) is 60.0 Å². The quantitative estimate of drug-likeness (QED) is 0.492. The maximum atomic E-state index is 13.4. The molecule has 0 radical (unpaired) electrons. The van der Waals surface area contributed by atoms with Crippen LogP contribution in [0.2, 0.25) is 0 Å². The van der Waals surface area contributed by atoms with E-state index in [0.717, 1.165) is 16.3 Å². The summed E-state index contributed by atoms with van der Waals surface area (Å²) in [6.07, 6.45) is 0.564. The lowest BCUT2D eigenvalue weighted by Crippen LogP contribution is -2.59. The fraction of sp³-hybridized carbons (Fsp3) is 0.357. The zero-order valence-electron chi connectivity index (χ0n) is 21.4. The Bertz CT molecular complexity index is 1350. The van der Waals surface area contributed by atoms with Crippen molar-refractivity contribution in [1.82, 2.24) is 14.8 Å². The average molecular weight is 535 g/mol. The van der Waals surface area contributed by atoms with E-state index >= 15 is 0 Å². The van der Waals surface area contributed by atoms with Crippen LogP contribution in [0.5, 0.6) is 5.75 Å². The number of hydrogen-bond donors (Lipinski definition) is 1. The van der Waals surface area contributed by atoms with Gasteiger partial charge in [-0.05, 0) is 31.5 Å². The topological polar surface area (TPSA) is 115 Å². The number of carbonyl (C=O) groups excluding carboxylic acids is 3. The number of nitrogens with two attached hydrogens (primary N) is 1. The van der Waals surface area contributed by atoms with Gasteiger partial charge in [0, 0.05) is 31.3 Å². The summed E-state index contributed by atoms with van der Waals surface area (Å²) in [6.45, 7) is 4.91. The van der Waals surface area contributed by atoms with Crippen LogP contribution >= 0.6 is 11.3 Å². The number of benzene rings is 2. The number of carbonyl (C=O) groups is 3. The highest BCUT2D eigenvalue weighted by atomic mass is 32.1. The van der Waals surface area contributed by atoms with Crippen molar-refractivity contribution in [3.63, 3.8) is 0 Å². The van der Waals surface area contributed by atoms with Crippen molar-refractivity contribution < 1.29 is 23.9 Å². The minimum Gasteiger partial charge on any atom is -0.483 e. The third-order valence-corrected chi connectivity index (χ3v) is 8.50. The fourth-order valence-electron chi connectivity index (χ4n) is 5.53. The molecule has 9 nitrogen and oxygen atoms in total. The number of aryl methyl sites for hydroxylation is 1. The highest BCUT2D eigenvalue weighted by Gasteiger charge is 2.64. The number of thiazole rings is 1. The van der Waals surface area contributed by atoms with Gasteiger partial charge in [0.1, 0.15) is 16.9 Å². The lowest BCUT2D eigenvalue weighted by molar-refractivity contribution is -0.139. The standard InChI is InChI=1S/C28H30N4O5S/c1-19-30-21(18-38-19)16-32-26(35)37-28(27(32,2)20-8-4-3-5-9-20)12-14-31(15-13-28)24(33)17-36-23-11-7-6-10-22(23)25(29)34/h3-11,18H,12-17H2,1-2H3,(H2,29,34). The molecule has 3 amide bonds. The monoisotopic (exact) mass is 534 g/mol. The molecule has 198 valence electrons. The van der Waals surface area contributed by atoms with Gasteiger partial charge < -0.3 is 20.1 Å². The predicted molar refractivity (Wildman–Crippen MR) is 142 cm³/mol. The molecule has 0 saturated carbocycles. The van der Waals surface area contributed by atoms with Gasteiger partial charge in [-0.2, -0.15) is 0 Å². The number of primary amides is 1. The van der Waals surface area contributed by atoms with E-state index in [2.05, 4.69) is 4.98 Å². The van der Waals surface area contributed by atoms with Crippen LogP contribution in [0.1, 0.15) is 46.4 Å². The first-order chi connectivity index (χ1) is 18.2. The van der Waals surface area contributed by atoms with E-state index in [4.69, 9.17) is 15.2 Å². The normalized spacial score (nSPS) is 20.4. The smallest absolute Gasteiger partial charge is 0.411 e. The highest BCUT2D eigenvalue weighted by molar-refractivity contribution is 7.09. The maximum absolute atomic E-state index is 13.4. The van der Waals surface area contributed by atoms with E-state index in [1.165, 1.54) is 0 Å². The van der Waals surface area contributed by atoms with Crippen molar-refractivity contribution in [3.8, 4) is 5.75 Å². The number of likely N-dealkylation sites (tertiary alicyclic amines) is 1. The predicted octanol–water partition coefficient (Wildman–Crippen LogP) is 3.86. The fourth-order valence-corrected chi connectivity index (χ4v) is 6.13. The van der Waals surface area contributed by atoms with E-state index in [1.54, 1.807) is 45.4 Å². The van der Waals surface area contributed by atoms with E-state index in [-0.39, 0.29) is 29.9 Å². The van der Waals surface area contributed by atoms with Gasteiger partial charge in [0.2, 0.25) is 0 Å². The molecule has 2 aromatic carbocycles. The van der Waals surface area contributed by atoms with Crippen LogP contribution in [-0.4, -0.2) is 58.0 Å². The Morgan fingerprint density at radius 1 is 1.11 bits per heavy atom. The van der Waals surface area contributed by atoms with Gasteiger partial charge >= 0.3 is 6.09 Å².